The number of aryl methyl sites for hydroxylation is 1. The van der Waals surface area contributed by atoms with Crippen LogP contribution in [0.3, 0.4) is 0 Å². The number of rotatable bonds is 5. The third-order valence-corrected chi connectivity index (χ3v) is 2.83. The quantitative estimate of drug-likeness (QED) is 0.874. The van der Waals surface area contributed by atoms with Crippen LogP contribution in [0.15, 0.2) is 36.4 Å². The summed E-state index contributed by atoms with van der Waals surface area (Å²) in [5.74, 6) is -0.694. The summed E-state index contributed by atoms with van der Waals surface area (Å²) in [6.07, 6.45) is 0.820. The molecule has 1 heterocycles. The monoisotopic (exact) mass is 271 g/mol. The maximum atomic E-state index is 11.0. The molecular weight excluding hydrogens is 254 g/mol. The fourth-order valence-corrected chi connectivity index (χ4v) is 1.98. The van der Waals surface area contributed by atoms with Crippen LogP contribution in [-0.4, -0.2) is 27.1 Å². The molecule has 1 atom stereocenters. The van der Waals surface area contributed by atoms with E-state index in [4.69, 9.17) is 5.11 Å². The Morgan fingerprint density at radius 3 is 2.65 bits per heavy atom. The van der Waals surface area contributed by atoms with Crippen LogP contribution in [0.2, 0.25) is 0 Å². The molecule has 1 aromatic heterocycles. The third-order valence-electron chi connectivity index (χ3n) is 2.83. The van der Waals surface area contributed by atoms with Gasteiger partial charge >= 0.3 is 5.97 Å². The van der Waals surface area contributed by atoms with Crippen LogP contribution in [-0.2, 0) is 6.42 Å². The first-order chi connectivity index (χ1) is 9.54. The maximum Gasteiger partial charge on any atom is 0.354 e. The normalized spacial score (nSPS) is 11.9. The second kappa shape index (κ2) is 6.14. The summed E-state index contributed by atoms with van der Waals surface area (Å²) in [6, 6.07) is 11.6. The molecule has 0 spiro atoms. The zero-order chi connectivity index (χ0) is 14.5. The third kappa shape index (κ3) is 3.78. The number of aromatic carboxylic acids is 1. The van der Waals surface area contributed by atoms with Crippen LogP contribution >= 0.6 is 0 Å². The predicted molar refractivity (Wildman–Crippen MR) is 77.0 cm³/mol. The fraction of sp³-hybridized carbons (Fsp3) is 0.267. The Balaban J connectivity index is 2.07. The van der Waals surface area contributed by atoms with Crippen LogP contribution in [0.4, 0.5) is 5.95 Å². The molecule has 0 amide bonds. The van der Waals surface area contributed by atoms with Gasteiger partial charge in [0.25, 0.3) is 0 Å². The van der Waals surface area contributed by atoms with Crippen molar-refractivity contribution >= 4 is 11.9 Å². The Bertz CT molecular complexity index is 599. The minimum absolute atomic E-state index is 0.00640. The van der Waals surface area contributed by atoms with Gasteiger partial charge in [-0.15, -0.1) is 0 Å². The van der Waals surface area contributed by atoms with Crippen molar-refractivity contribution in [2.45, 2.75) is 26.3 Å². The smallest absolute Gasteiger partial charge is 0.354 e. The molecule has 20 heavy (non-hydrogen) atoms. The highest BCUT2D eigenvalue weighted by molar-refractivity contribution is 5.85. The van der Waals surface area contributed by atoms with Crippen molar-refractivity contribution in [1.29, 1.82) is 0 Å². The van der Waals surface area contributed by atoms with E-state index in [1.807, 2.05) is 25.1 Å². The summed E-state index contributed by atoms with van der Waals surface area (Å²) in [6.45, 7) is 3.76. The highest BCUT2D eigenvalue weighted by Gasteiger charge is 2.10. The Labute approximate surface area is 117 Å². The molecule has 0 radical (unpaired) electrons. The van der Waals surface area contributed by atoms with Gasteiger partial charge < -0.3 is 10.4 Å². The summed E-state index contributed by atoms with van der Waals surface area (Å²) in [5, 5.41) is 12.1. The lowest BCUT2D eigenvalue weighted by molar-refractivity contribution is 0.0690. The van der Waals surface area contributed by atoms with E-state index in [1.165, 1.54) is 11.6 Å². The Kier molecular flexibility index (Phi) is 4.30. The average molecular weight is 271 g/mol. The number of carboxylic acids is 1. The van der Waals surface area contributed by atoms with Crippen molar-refractivity contribution in [3.05, 3.63) is 53.3 Å². The van der Waals surface area contributed by atoms with Crippen molar-refractivity contribution in [2.24, 2.45) is 0 Å². The second-order valence-corrected chi connectivity index (χ2v) is 4.76. The lowest BCUT2D eigenvalue weighted by atomic mass is 10.1. The minimum atomic E-state index is -1.05. The van der Waals surface area contributed by atoms with Crippen LogP contribution in [0, 0.1) is 6.92 Å². The molecule has 0 fully saturated rings. The maximum absolute atomic E-state index is 11.0. The molecule has 0 aliphatic rings. The van der Waals surface area contributed by atoms with E-state index in [1.54, 1.807) is 6.92 Å². The number of aromatic nitrogens is 2. The van der Waals surface area contributed by atoms with Crippen LogP contribution in [0.1, 0.15) is 28.7 Å². The zero-order valence-corrected chi connectivity index (χ0v) is 11.5. The van der Waals surface area contributed by atoms with Crippen LogP contribution in [0.5, 0.6) is 0 Å². The molecule has 104 valence electrons. The Hall–Kier alpha value is -2.43. The van der Waals surface area contributed by atoms with Crippen molar-refractivity contribution < 1.29 is 9.90 Å². The highest BCUT2D eigenvalue weighted by atomic mass is 16.4. The molecule has 5 heteroatoms. The molecule has 2 rings (SSSR count). The predicted octanol–water partition coefficient (Wildman–Crippen LogP) is 2.53. The number of hydrogen-bond acceptors (Lipinski definition) is 4. The summed E-state index contributed by atoms with van der Waals surface area (Å²) in [5.41, 5.74) is 1.84. The number of nitrogens with one attached hydrogen (secondary N) is 1. The lowest BCUT2D eigenvalue weighted by Gasteiger charge is -2.14. The van der Waals surface area contributed by atoms with Gasteiger partial charge in [-0.1, -0.05) is 30.3 Å². The van der Waals surface area contributed by atoms with E-state index in [2.05, 4.69) is 27.4 Å². The van der Waals surface area contributed by atoms with Gasteiger partial charge in [0.2, 0.25) is 5.95 Å². The summed E-state index contributed by atoms with van der Waals surface area (Å²) >= 11 is 0. The second-order valence-electron chi connectivity index (χ2n) is 4.76. The van der Waals surface area contributed by atoms with Crippen molar-refractivity contribution in [2.75, 3.05) is 5.32 Å². The fourth-order valence-electron chi connectivity index (χ4n) is 1.98. The van der Waals surface area contributed by atoms with Gasteiger partial charge in [0.1, 0.15) is 0 Å². The van der Waals surface area contributed by atoms with Gasteiger partial charge in [-0.2, -0.15) is 0 Å². The minimum Gasteiger partial charge on any atom is -0.477 e. The van der Waals surface area contributed by atoms with E-state index in [-0.39, 0.29) is 11.7 Å². The van der Waals surface area contributed by atoms with Crippen molar-refractivity contribution in [3.63, 3.8) is 0 Å². The van der Waals surface area contributed by atoms with Crippen molar-refractivity contribution in [1.82, 2.24) is 9.97 Å². The molecular formula is C15H17N3O2. The molecule has 5 nitrogen and oxygen atoms in total. The number of benzene rings is 1. The van der Waals surface area contributed by atoms with Crippen LogP contribution < -0.4 is 5.32 Å². The SMILES string of the molecule is Cc1cc(C(=O)O)nc(NC(C)Cc2ccccc2)n1. The van der Waals surface area contributed by atoms with Gasteiger partial charge in [-0.3, -0.25) is 0 Å². The first-order valence-electron chi connectivity index (χ1n) is 6.44. The van der Waals surface area contributed by atoms with Gasteiger partial charge in [0, 0.05) is 11.7 Å². The lowest BCUT2D eigenvalue weighted by Crippen LogP contribution is -2.20. The van der Waals surface area contributed by atoms with Crippen molar-refractivity contribution in [3.8, 4) is 0 Å². The topological polar surface area (TPSA) is 75.1 Å². The molecule has 0 aliphatic heterocycles. The summed E-state index contributed by atoms with van der Waals surface area (Å²) in [4.78, 5) is 19.2. The molecule has 1 unspecified atom stereocenters. The average Bonchev–Trinajstić information content (AvgIpc) is 2.38. The zero-order valence-electron chi connectivity index (χ0n) is 11.5. The van der Waals surface area contributed by atoms with Gasteiger partial charge in [0.15, 0.2) is 5.69 Å². The summed E-state index contributed by atoms with van der Waals surface area (Å²) in [7, 11) is 0. The first kappa shape index (κ1) is 14.0. The number of nitrogens with zero attached hydrogens (tertiary/aromatic N) is 2. The van der Waals surface area contributed by atoms with E-state index >= 15 is 0 Å². The largest absolute Gasteiger partial charge is 0.477 e. The van der Waals surface area contributed by atoms with Gasteiger partial charge in [0.05, 0.1) is 0 Å². The van der Waals surface area contributed by atoms with Gasteiger partial charge in [-0.05, 0) is 31.9 Å². The van der Waals surface area contributed by atoms with E-state index in [0.717, 1.165) is 6.42 Å². The molecule has 2 aromatic rings. The number of carboxylic acid groups (broad SMARTS) is 1. The molecule has 2 N–H and O–H groups in total. The Morgan fingerprint density at radius 2 is 2.00 bits per heavy atom. The molecule has 0 saturated heterocycles. The summed E-state index contributed by atoms with van der Waals surface area (Å²) < 4.78 is 0. The standard InChI is InChI=1S/C15H17N3O2/c1-10(8-12-6-4-3-5-7-12)16-15-17-11(2)9-13(18-15)14(19)20/h3-7,9-10H,8H2,1-2H3,(H,19,20)(H,16,17,18). The Morgan fingerprint density at radius 1 is 1.30 bits per heavy atom. The van der Waals surface area contributed by atoms with E-state index in [9.17, 15) is 4.79 Å². The van der Waals surface area contributed by atoms with E-state index in [0.29, 0.717) is 11.6 Å². The molecule has 0 bridgehead atoms. The number of carbonyl (C=O) groups is 1. The highest BCUT2D eigenvalue weighted by Crippen LogP contribution is 2.09. The van der Waals surface area contributed by atoms with Crippen LogP contribution in [0.25, 0.3) is 0 Å². The number of anilines is 1. The number of hydrogen-bond donors (Lipinski definition) is 2. The van der Waals surface area contributed by atoms with E-state index < -0.39 is 5.97 Å². The molecule has 1 aromatic carbocycles. The molecule has 0 saturated carbocycles. The first-order valence-corrected chi connectivity index (χ1v) is 6.44. The molecule has 0 aliphatic carbocycles. The van der Waals surface area contributed by atoms with Gasteiger partial charge in [-0.25, -0.2) is 14.8 Å².